The smallest absolute Gasteiger partial charge is 0.255 e. The number of hydrogen-bond acceptors (Lipinski definition) is 4. The molecule has 2 aliphatic heterocycles. The van der Waals surface area contributed by atoms with Crippen molar-refractivity contribution in [1.82, 2.24) is 9.88 Å². The Labute approximate surface area is 119 Å². The van der Waals surface area contributed by atoms with Crippen LogP contribution in [0.5, 0.6) is 5.75 Å². The maximum atomic E-state index is 12.4. The summed E-state index contributed by atoms with van der Waals surface area (Å²) in [4.78, 5) is 18.7. The number of nitrogens with zero attached hydrogens (tertiary/aromatic N) is 2. The zero-order valence-corrected chi connectivity index (χ0v) is 11.7. The van der Waals surface area contributed by atoms with Crippen LogP contribution in [-0.2, 0) is 0 Å². The molecule has 0 aliphatic carbocycles. The van der Waals surface area contributed by atoms with Crippen LogP contribution in [0.4, 0.5) is 5.82 Å². The van der Waals surface area contributed by atoms with E-state index in [0.717, 1.165) is 51.1 Å². The van der Waals surface area contributed by atoms with Crippen LogP contribution in [0.2, 0.25) is 0 Å². The van der Waals surface area contributed by atoms with Gasteiger partial charge in [-0.1, -0.05) is 0 Å². The van der Waals surface area contributed by atoms with Gasteiger partial charge in [-0.3, -0.25) is 4.79 Å². The number of amides is 1. The van der Waals surface area contributed by atoms with E-state index in [1.165, 1.54) is 6.42 Å². The molecule has 5 heteroatoms. The summed E-state index contributed by atoms with van der Waals surface area (Å²) in [6, 6.07) is 1.83. The normalized spacial score (nSPS) is 19.1. The van der Waals surface area contributed by atoms with Crippen molar-refractivity contribution in [2.45, 2.75) is 32.1 Å². The molecule has 20 heavy (non-hydrogen) atoms. The molecule has 0 radical (unpaired) electrons. The van der Waals surface area contributed by atoms with Gasteiger partial charge in [0.05, 0.1) is 12.2 Å². The van der Waals surface area contributed by atoms with Crippen LogP contribution < -0.4 is 10.1 Å². The number of aromatic nitrogens is 1. The van der Waals surface area contributed by atoms with Gasteiger partial charge in [-0.15, -0.1) is 0 Å². The second-order valence-electron chi connectivity index (χ2n) is 5.41. The maximum absolute atomic E-state index is 12.4. The Balaban J connectivity index is 1.79. The predicted octanol–water partition coefficient (Wildman–Crippen LogP) is 2.29. The number of pyridine rings is 1. The SMILES string of the molecule is O=C(c1cnc2c(c1)OCCCCN2)N1CCCCC1. The van der Waals surface area contributed by atoms with Gasteiger partial charge >= 0.3 is 0 Å². The van der Waals surface area contributed by atoms with Crippen molar-refractivity contribution < 1.29 is 9.53 Å². The van der Waals surface area contributed by atoms with E-state index < -0.39 is 0 Å². The molecule has 1 saturated heterocycles. The molecule has 5 nitrogen and oxygen atoms in total. The van der Waals surface area contributed by atoms with Crippen molar-refractivity contribution in [2.75, 3.05) is 31.6 Å². The van der Waals surface area contributed by atoms with Crippen molar-refractivity contribution in [2.24, 2.45) is 0 Å². The molecule has 0 atom stereocenters. The monoisotopic (exact) mass is 275 g/mol. The molecular weight excluding hydrogens is 254 g/mol. The number of likely N-dealkylation sites (tertiary alicyclic amines) is 1. The summed E-state index contributed by atoms with van der Waals surface area (Å²) in [7, 11) is 0. The molecule has 1 fully saturated rings. The number of rotatable bonds is 1. The van der Waals surface area contributed by atoms with Crippen molar-refractivity contribution in [3.05, 3.63) is 17.8 Å². The molecule has 1 N–H and O–H groups in total. The Kier molecular flexibility index (Phi) is 4.04. The second-order valence-corrected chi connectivity index (χ2v) is 5.41. The van der Waals surface area contributed by atoms with Crippen LogP contribution in [0.1, 0.15) is 42.5 Å². The lowest BCUT2D eigenvalue weighted by molar-refractivity contribution is 0.0723. The summed E-state index contributed by atoms with van der Waals surface area (Å²) in [6.07, 6.45) is 7.18. The fourth-order valence-electron chi connectivity index (χ4n) is 2.70. The summed E-state index contributed by atoms with van der Waals surface area (Å²) >= 11 is 0. The first kappa shape index (κ1) is 13.2. The van der Waals surface area contributed by atoms with Gasteiger partial charge in [-0.2, -0.15) is 0 Å². The molecule has 2 aliphatic rings. The first-order valence-electron chi connectivity index (χ1n) is 7.50. The summed E-state index contributed by atoms with van der Waals surface area (Å²) < 4.78 is 5.71. The molecule has 0 aromatic carbocycles. The minimum Gasteiger partial charge on any atom is -0.490 e. The van der Waals surface area contributed by atoms with E-state index in [-0.39, 0.29) is 5.91 Å². The van der Waals surface area contributed by atoms with Crippen molar-refractivity contribution in [1.29, 1.82) is 0 Å². The van der Waals surface area contributed by atoms with E-state index in [9.17, 15) is 4.79 Å². The van der Waals surface area contributed by atoms with E-state index in [1.807, 2.05) is 11.0 Å². The van der Waals surface area contributed by atoms with E-state index in [4.69, 9.17) is 4.74 Å². The van der Waals surface area contributed by atoms with Crippen LogP contribution in [0.25, 0.3) is 0 Å². The third kappa shape index (κ3) is 2.86. The Hall–Kier alpha value is -1.78. The highest BCUT2D eigenvalue weighted by atomic mass is 16.5. The Morgan fingerprint density at radius 2 is 2.05 bits per heavy atom. The number of carbonyl (C=O) groups is 1. The predicted molar refractivity (Wildman–Crippen MR) is 77.2 cm³/mol. The molecule has 1 amide bonds. The maximum Gasteiger partial charge on any atom is 0.255 e. The highest BCUT2D eigenvalue weighted by Gasteiger charge is 2.20. The molecule has 3 rings (SSSR count). The number of nitrogens with one attached hydrogen (secondary N) is 1. The molecule has 0 saturated carbocycles. The van der Waals surface area contributed by atoms with Gasteiger partial charge in [-0.25, -0.2) is 4.98 Å². The third-order valence-corrected chi connectivity index (χ3v) is 3.86. The standard InChI is InChI=1S/C15H21N3O2/c19-15(18-7-3-1-4-8-18)12-10-13-14(17-11-12)16-6-2-5-9-20-13/h10-11H,1-9H2,(H,16,17). The summed E-state index contributed by atoms with van der Waals surface area (Å²) in [5.74, 6) is 1.53. The van der Waals surface area contributed by atoms with Gasteiger partial charge in [0.1, 0.15) is 0 Å². The fourth-order valence-corrected chi connectivity index (χ4v) is 2.70. The first-order chi connectivity index (χ1) is 9.84. The van der Waals surface area contributed by atoms with Crippen LogP contribution >= 0.6 is 0 Å². The van der Waals surface area contributed by atoms with Crippen LogP contribution in [0.15, 0.2) is 12.3 Å². The van der Waals surface area contributed by atoms with E-state index in [2.05, 4.69) is 10.3 Å². The number of carbonyl (C=O) groups excluding carboxylic acids is 1. The van der Waals surface area contributed by atoms with Crippen LogP contribution in [0.3, 0.4) is 0 Å². The minimum atomic E-state index is 0.0747. The third-order valence-electron chi connectivity index (χ3n) is 3.86. The molecule has 0 spiro atoms. The summed E-state index contributed by atoms with van der Waals surface area (Å²) in [6.45, 7) is 3.31. The van der Waals surface area contributed by atoms with Gasteiger partial charge in [0.2, 0.25) is 0 Å². The van der Waals surface area contributed by atoms with Crippen molar-refractivity contribution in [3.63, 3.8) is 0 Å². The second kappa shape index (κ2) is 6.11. The number of fused-ring (bicyclic) bond motifs is 1. The summed E-state index contributed by atoms with van der Waals surface area (Å²) in [5.41, 5.74) is 0.632. The number of ether oxygens (including phenoxy) is 1. The van der Waals surface area contributed by atoms with Gasteiger partial charge in [0.15, 0.2) is 11.6 Å². The molecule has 1 aromatic heterocycles. The molecule has 1 aromatic rings. The average Bonchev–Trinajstić information content (AvgIpc) is 2.48. The molecule has 108 valence electrons. The van der Waals surface area contributed by atoms with E-state index >= 15 is 0 Å². The molecule has 3 heterocycles. The van der Waals surface area contributed by atoms with Crippen molar-refractivity contribution in [3.8, 4) is 5.75 Å². The zero-order chi connectivity index (χ0) is 13.8. The Morgan fingerprint density at radius 1 is 1.20 bits per heavy atom. The Morgan fingerprint density at radius 3 is 2.90 bits per heavy atom. The fraction of sp³-hybridized carbons (Fsp3) is 0.600. The zero-order valence-electron chi connectivity index (χ0n) is 11.7. The topological polar surface area (TPSA) is 54.5 Å². The molecular formula is C15H21N3O2. The van der Waals surface area contributed by atoms with E-state index in [0.29, 0.717) is 17.9 Å². The largest absolute Gasteiger partial charge is 0.490 e. The van der Waals surface area contributed by atoms with E-state index in [1.54, 1.807) is 6.20 Å². The average molecular weight is 275 g/mol. The lowest BCUT2D eigenvalue weighted by Gasteiger charge is -2.27. The number of hydrogen-bond donors (Lipinski definition) is 1. The van der Waals surface area contributed by atoms with Gasteiger partial charge in [0, 0.05) is 25.8 Å². The highest BCUT2D eigenvalue weighted by molar-refractivity contribution is 5.94. The van der Waals surface area contributed by atoms with Gasteiger partial charge in [0.25, 0.3) is 5.91 Å². The lowest BCUT2D eigenvalue weighted by atomic mass is 10.1. The summed E-state index contributed by atoms with van der Waals surface area (Å²) in [5, 5.41) is 3.25. The number of anilines is 1. The number of piperidine rings is 1. The Bertz CT molecular complexity index is 484. The first-order valence-corrected chi connectivity index (χ1v) is 7.50. The van der Waals surface area contributed by atoms with Crippen molar-refractivity contribution >= 4 is 11.7 Å². The molecule has 0 bridgehead atoms. The quantitative estimate of drug-likeness (QED) is 0.854. The minimum absolute atomic E-state index is 0.0747. The lowest BCUT2D eigenvalue weighted by Crippen LogP contribution is -2.35. The highest BCUT2D eigenvalue weighted by Crippen LogP contribution is 2.26. The van der Waals surface area contributed by atoms with Gasteiger partial charge in [-0.05, 0) is 38.2 Å². The molecule has 0 unspecified atom stereocenters. The van der Waals surface area contributed by atoms with Crippen LogP contribution in [0, 0.1) is 0 Å². The van der Waals surface area contributed by atoms with Crippen LogP contribution in [-0.4, -0.2) is 42.0 Å². The van der Waals surface area contributed by atoms with Gasteiger partial charge < -0.3 is 15.0 Å².